The maximum atomic E-state index is 2.73. The second-order valence-corrected chi connectivity index (χ2v) is 5.28. The summed E-state index contributed by atoms with van der Waals surface area (Å²) in [7, 11) is 0. The van der Waals surface area contributed by atoms with Gasteiger partial charge in [0.15, 0.2) is 0 Å². The van der Waals surface area contributed by atoms with Crippen molar-refractivity contribution in [1.29, 1.82) is 0 Å². The summed E-state index contributed by atoms with van der Waals surface area (Å²) in [5.41, 5.74) is 1.76. The number of hydrogen-bond acceptors (Lipinski definition) is 2. The number of rotatable bonds is 2. The molecule has 2 heteroatoms. The second kappa shape index (κ2) is 3.91. The average Bonchev–Trinajstić information content (AvgIpc) is 3.07. The van der Waals surface area contributed by atoms with E-state index < -0.39 is 0 Å². The van der Waals surface area contributed by atoms with Crippen LogP contribution in [0.15, 0.2) is 11.6 Å². The quantitative estimate of drug-likeness (QED) is 0.635. The second-order valence-electron chi connectivity index (χ2n) is 5.28. The standard InChI is InChI=1S/C13H22N2/c1-2-14-5-7-15(8-6-14)13-4-3-11-9-12(11)10-13/h3,12-13H,2,4-10H2,1H3. The first-order valence-electron chi connectivity index (χ1n) is 6.52. The van der Waals surface area contributed by atoms with Crippen LogP contribution < -0.4 is 0 Å². The Morgan fingerprint density at radius 2 is 2.07 bits per heavy atom. The zero-order valence-electron chi connectivity index (χ0n) is 9.78. The van der Waals surface area contributed by atoms with Gasteiger partial charge in [-0.1, -0.05) is 18.6 Å². The predicted octanol–water partition coefficient (Wildman–Crippen LogP) is 1.73. The fourth-order valence-corrected chi connectivity index (χ4v) is 3.17. The molecule has 1 saturated heterocycles. The molecule has 0 N–H and O–H groups in total. The topological polar surface area (TPSA) is 6.48 Å². The number of nitrogens with zero attached hydrogens (tertiary/aromatic N) is 2. The van der Waals surface area contributed by atoms with Crippen LogP contribution in [-0.2, 0) is 0 Å². The first-order chi connectivity index (χ1) is 7.36. The smallest absolute Gasteiger partial charge is 0.0137 e. The highest BCUT2D eigenvalue weighted by Gasteiger charge is 2.37. The number of likely N-dealkylation sites (N-methyl/N-ethyl adjacent to an activating group) is 1. The van der Waals surface area contributed by atoms with Crippen molar-refractivity contribution < 1.29 is 0 Å². The third-order valence-corrected chi connectivity index (χ3v) is 4.43. The van der Waals surface area contributed by atoms with Crippen molar-refractivity contribution in [2.24, 2.45) is 5.92 Å². The van der Waals surface area contributed by atoms with Gasteiger partial charge in [-0.25, -0.2) is 0 Å². The summed E-state index contributed by atoms with van der Waals surface area (Å²) in [6.07, 6.45) is 6.73. The van der Waals surface area contributed by atoms with Gasteiger partial charge in [-0.3, -0.25) is 4.90 Å². The monoisotopic (exact) mass is 206 g/mol. The van der Waals surface area contributed by atoms with E-state index >= 15 is 0 Å². The van der Waals surface area contributed by atoms with Gasteiger partial charge >= 0.3 is 0 Å². The van der Waals surface area contributed by atoms with Crippen molar-refractivity contribution in [3.8, 4) is 0 Å². The minimum Gasteiger partial charge on any atom is -0.301 e. The third-order valence-electron chi connectivity index (χ3n) is 4.43. The molecule has 1 saturated carbocycles. The zero-order chi connectivity index (χ0) is 10.3. The summed E-state index contributed by atoms with van der Waals surface area (Å²) >= 11 is 0. The van der Waals surface area contributed by atoms with E-state index in [0.29, 0.717) is 0 Å². The molecule has 1 aliphatic heterocycles. The highest BCUT2D eigenvalue weighted by Crippen LogP contribution is 2.46. The summed E-state index contributed by atoms with van der Waals surface area (Å²) in [6, 6.07) is 0.875. The molecule has 2 atom stereocenters. The molecular weight excluding hydrogens is 184 g/mol. The lowest BCUT2D eigenvalue weighted by molar-refractivity contribution is 0.0927. The molecule has 0 bridgehead atoms. The van der Waals surface area contributed by atoms with Gasteiger partial charge in [0, 0.05) is 32.2 Å². The lowest BCUT2D eigenvalue weighted by Crippen LogP contribution is -2.50. The van der Waals surface area contributed by atoms with Gasteiger partial charge in [-0.15, -0.1) is 0 Å². The highest BCUT2D eigenvalue weighted by atomic mass is 15.3. The molecule has 0 radical (unpaired) electrons. The fraction of sp³-hybridized carbons (Fsp3) is 0.846. The SMILES string of the molecule is CCN1CCN(C2CC=C3CC3C2)CC1. The summed E-state index contributed by atoms with van der Waals surface area (Å²) in [5, 5.41) is 0. The zero-order valence-corrected chi connectivity index (χ0v) is 9.78. The molecule has 2 unspecified atom stereocenters. The molecule has 0 aromatic carbocycles. The van der Waals surface area contributed by atoms with Crippen molar-refractivity contribution in [2.75, 3.05) is 32.7 Å². The fourth-order valence-electron chi connectivity index (χ4n) is 3.17. The van der Waals surface area contributed by atoms with Gasteiger partial charge in [-0.05, 0) is 31.7 Å². The highest BCUT2D eigenvalue weighted by molar-refractivity contribution is 5.27. The van der Waals surface area contributed by atoms with E-state index in [1.165, 1.54) is 52.0 Å². The van der Waals surface area contributed by atoms with Gasteiger partial charge in [0.2, 0.25) is 0 Å². The Bertz CT molecular complexity index is 264. The summed E-state index contributed by atoms with van der Waals surface area (Å²) in [4.78, 5) is 5.30. The summed E-state index contributed by atoms with van der Waals surface area (Å²) in [5.74, 6) is 0.993. The predicted molar refractivity (Wildman–Crippen MR) is 62.9 cm³/mol. The molecular formula is C13H22N2. The molecule has 2 fully saturated rings. The maximum absolute atomic E-state index is 2.73. The van der Waals surface area contributed by atoms with E-state index in [2.05, 4.69) is 22.8 Å². The van der Waals surface area contributed by atoms with Crippen LogP contribution in [-0.4, -0.2) is 48.6 Å². The Morgan fingerprint density at radius 3 is 2.73 bits per heavy atom. The number of hydrogen-bond donors (Lipinski definition) is 0. The van der Waals surface area contributed by atoms with Crippen molar-refractivity contribution >= 4 is 0 Å². The minimum atomic E-state index is 0.875. The van der Waals surface area contributed by atoms with E-state index in [-0.39, 0.29) is 0 Å². The van der Waals surface area contributed by atoms with Gasteiger partial charge < -0.3 is 4.90 Å². The van der Waals surface area contributed by atoms with Crippen LogP contribution in [0.1, 0.15) is 26.2 Å². The van der Waals surface area contributed by atoms with Gasteiger partial charge in [0.25, 0.3) is 0 Å². The van der Waals surface area contributed by atoms with E-state index in [1.54, 1.807) is 5.57 Å². The Labute approximate surface area is 92.9 Å². The van der Waals surface area contributed by atoms with Crippen LogP contribution in [0.25, 0.3) is 0 Å². The Balaban J connectivity index is 1.53. The minimum absolute atomic E-state index is 0.875. The van der Waals surface area contributed by atoms with Gasteiger partial charge in [0.05, 0.1) is 0 Å². The Morgan fingerprint density at radius 1 is 1.27 bits per heavy atom. The number of fused-ring (bicyclic) bond motifs is 1. The largest absolute Gasteiger partial charge is 0.301 e. The van der Waals surface area contributed by atoms with E-state index in [0.717, 1.165) is 12.0 Å². The van der Waals surface area contributed by atoms with Crippen molar-refractivity contribution in [3.05, 3.63) is 11.6 Å². The average molecular weight is 206 g/mol. The molecule has 2 aliphatic carbocycles. The summed E-state index contributed by atoms with van der Waals surface area (Å²) in [6.45, 7) is 8.67. The molecule has 0 spiro atoms. The third kappa shape index (κ3) is 1.98. The Kier molecular flexibility index (Phi) is 2.57. The van der Waals surface area contributed by atoms with Gasteiger partial charge in [0.1, 0.15) is 0 Å². The molecule has 0 amide bonds. The summed E-state index contributed by atoms with van der Waals surface area (Å²) < 4.78 is 0. The van der Waals surface area contributed by atoms with Crippen molar-refractivity contribution in [2.45, 2.75) is 32.2 Å². The molecule has 84 valence electrons. The van der Waals surface area contributed by atoms with Crippen LogP contribution in [0, 0.1) is 5.92 Å². The molecule has 0 aromatic rings. The molecule has 15 heavy (non-hydrogen) atoms. The van der Waals surface area contributed by atoms with Crippen LogP contribution >= 0.6 is 0 Å². The van der Waals surface area contributed by atoms with Crippen LogP contribution in [0.4, 0.5) is 0 Å². The lowest BCUT2D eigenvalue weighted by atomic mass is 9.99. The molecule has 0 aromatic heterocycles. The number of piperazine rings is 1. The van der Waals surface area contributed by atoms with E-state index in [1.807, 2.05) is 0 Å². The van der Waals surface area contributed by atoms with Crippen LogP contribution in [0.2, 0.25) is 0 Å². The molecule has 1 heterocycles. The van der Waals surface area contributed by atoms with E-state index in [9.17, 15) is 0 Å². The molecule has 3 aliphatic rings. The first kappa shape index (κ1) is 9.86. The van der Waals surface area contributed by atoms with E-state index in [4.69, 9.17) is 0 Å². The lowest BCUT2D eigenvalue weighted by Gasteiger charge is -2.39. The van der Waals surface area contributed by atoms with Crippen LogP contribution in [0.5, 0.6) is 0 Å². The number of allylic oxidation sites excluding steroid dienone is 1. The molecule has 2 nitrogen and oxygen atoms in total. The normalized spacial score (nSPS) is 37.3. The van der Waals surface area contributed by atoms with Crippen molar-refractivity contribution in [1.82, 2.24) is 9.80 Å². The Hall–Kier alpha value is -0.340. The maximum Gasteiger partial charge on any atom is 0.0137 e. The first-order valence-corrected chi connectivity index (χ1v) is 6.52. The van der Waals surface area contributed by atoms with Crippen molar-refractivity contribution in [3.63, 3.8) is 0 Å². The van der Waals surface area contributed by atoms with Crippen LogP contribution in [0.3, 0.4) is 0 Å². The van der Waals surface area contributed by atoms with Gasteiger partial charge in [-0.2, -0.15) is 0 Å². The molecule has 3 rings (SSSR count).